The zero-order valence-electron chi connectivity index (χ0n) is 13.1. The van der Waals surface area contributed by atoms with Crippen LogP contribution in [0.1, 0.15) is 23.4 Å². The molecule has 0 bridgehead atoms. The van der Waals surface area contributed by atoms with Crippen molar-refractivity contribution in [1.29, 1.82) is 0 Å². The van der Waals surface area contributed by atoms with Gasteiger partial charge in [-0.15, -0.1) is 11.3 Å². The maximum Gasteiger partial charge on any atom is 0.303 e. The van der Waals surface area contributed by atoms with Gasteiger partial charge in [0.2, 0.25) is 0 Å². The molecule has 1 heterocycles. The number of hydrogen-bond acceptors (Lipinski definition) is 5. The van der Waals surface area contributed by atoms with Gasteiger partial charge in [-0.05, 0) is 35.8 Å². The van der Waals surface area contributed by atoms with Crippen molar-refractivity contribution in [3.63, 3.8) is 0 Å². The molecule has 7 heteroatoms. The molecule has 0 unspecified atom stereocenters. The first kappa shape index (κ1) is 16.8. The quantitative estimate of drug-likeness (QED) is 0.515. The first-order valence-electron chi connectivity index (χ1n) is 7.56. The Bertz CT molecular complexity index is 945. The van der Waals surface area contributed by atoms with Gasteiger partial charge in [0.05, 0.1) is 15.1 Å². The maximum absolute atomic E-state index is 11.0. The molecule has 0 saturated carbocycles. The number of non-ortho nitro benzene ring substituents is 1. The van der Waals surface area contributed by atoms with Crippen molar-refractivity contribution in [1.82, 2.24) is 4.98 Å². The summed E-state index contributed by atoms with van der Waals surface area (Å²) in [4.78, 5) is 26.0. The van der Waals surface area contributed by atoms with Crippen LogP contribution in [-0.4, -0.2) is 21.0 Å². The molecule has 0 aliphatic heterocycles. The van der Waals surface area contributed by atoms with Gasteiger partial charge in [0.25, 0.3) is 5.69 Å². The fourth-order valence-corrected chi connectivity index (χ4v) is 3.43. The number of aromatic nitrogens is 1. The van der Waals surface area contributed by atoms with Crippen LogP contribution in [0.2, 0.25) is 0 Å². The van der Waals surface area contributed by atoms with E-state index in [1.54, 1.807) is 18.2 Å². The number of fused-ring (bicyclic) bond motifs is 1. The van der Waals surface area contributed by atoms with Gasteiger partial charge in [0, 0.05) is 18.6 Å². The smallest absolute Gasteiger partial charge is 0.303 e. The van der Waals surface area contributed by atoms with E-state index in [0.29, 0.717) is 12.0 Å². The first-order valence-corrected chi connectivity index (χ1v) is 8.37. The molecule has 1 N–H and O–H groups in total. The molecular formula is C18H14N2O4S. The Morgan fingerprint density at radius 2 is 2.00 bits per heavy atom. The molecule has 3 rings (SSSR count). The fraction of sp³-hybridized carbons (Fsp3) is 0.111. The SMILES string of the molecule is O=C(O)CCC(=Cc1cccc([N+](=O)[O-])c1)c1nc2ccccc2s1. The summed E-state index contributed by atoms with van der Waals surface area (Å²) in [7, 11) is 0. The van der Waals surface area contributed by atoms with Gasteiger partial charge in [-0.25, -0.2) is 4.98 Å². The Balaban J connectivity index is 2.03. The highest BCUT2D eigenvalue weighted by molar-refractivity contribution is 7.19. The minimum absolute atomic E-state index is 0.00404. The van der Waals surface area contributed by atoms with Crippen LogP contribution in [0.15, 0.2) is 48.5 Å². The van der Waals surface area contributed by atoms with E-state index in [0.717, 1.165) is 20.8 Å². The van der Waals surface area contributed by atoms with E-state index >= 15 is 0 Å². The van der Waals surface area contributed by atoms with E-state index in [-0.39, 0.29) is 12.1 Å². The highest BCUT2D eigenvalue weighted by Gasteiger charge is 2.12. The molecule has 0 atom stereocenters. The summed E-state index contributed by atoms with van der Waals surface area (Å²) in [6.07, 6.45) is 2.04. The second-order valence-corrected chi connectivity index (χ2v) is 6.43. The lowest BCUT2D eigenvalue weighted by atomic mass is 10.1. The number of carboxylic acid groups (broad SMARTS) is 1. The van der Waals surface area contributed by atoms with Gasteiger partial charge >= 0.3 is 5.97 Å². The lowest BCUT2D eigenvalue weighted by Crippen LogP contribution is -1.95. The number of benzene rings is 2. The minimum Gasteiger partial charge on any atom is -0.481 e. The molecule has 2 aromatic carbocycles. The summed E-state index contributed by atoms with van der Waals surface area (Å²) in [6.45, 7) is 0. The number of allylic oxidation sites excluding steroid dienone is 1. The number of nitro benzene ring substituents is 1. The van der Waals surface area contributed by atoms with Crippen LogP contribution in [-0.2, 0) is 4.79 Å². The van der Waals surface area contributed by atoms with Crippen LogP contribution in [0.4, 0.5) is 5.69 Å². The Hall–Kier alpha value is -3.06. The normalized spacial score (nSPS) is 11.6. The van der Waals surface area contributed by atoms with Crippen LogP contribution in [0.5, 0.6) is 0 Å². The second-order valence-electron chi connectivity index (χ2n) is 5.40. The van der Waals surface area contributed by atoms with E-state index in [1.807, 2.05) is 24.3 Å². The molecule has 1 aromatic heterocycles. The van der Waals surface area contributed by atoms with E-state index < -0.39 is 10.9 Å². The summed E-state index contributed by atoms with van der Waals surface area (Å²) < 4.78 is 1.01. The highest BCUT2D eigenvalue weighted by atomic mass is 32.1. The Morgan fingerprint density at radius 1 is 1.20 bits per heavy atom. The zero-order chi connectivity index (χ0) is 17.8. The molecule has 126 valence electrons. The van der Waals surface area contributed by atoms with Gasteiger partial charge in [-0.1, -0.05) is 24.3 Å². The number of aliphatic carboxylic acids is 1. The summed E-state index contributed by atoms with van der Waals surface area (Å²) in [5.74, 6) is -0.897. The highest BCUT2D eigenvalue weighted by Crippen LogP contribution is 2.31. The van der Waals surface area contributed by atoms with Crippen molar-refractivity contribution in [2.24, 2.45) is 0 Å². The number of thiazole rings is 1. The van der Waals surface area contributed by atoms with E-state index in [4.69, 9.17) is 5.11 Å². The average Bonchev–Trinajstić information content (AvgIpc) is 3.02. The van der Waals surface area contributed by atoms with Crippen molar-refractivity contribution in [2.75, 3.05) is 0 Å². The number of carbonyl (C=O) groups is 1. The predicted molar refractivity (Wildman–Crippen MR) is 97.5 cm³/mol. The van der Waals surface area contributed by atoms with Crippen LogP contribution < -0.4 is 0 Å². The number of nitrogens with zero attached hydrogens (tertiary/aromatic N) is 2. The predicted octanol–water partition coefficient (Wildman–Crippen LogP) is 4.61. The molecule has 0 aliphatic carbocycles. The van der Waals surface area contributed by atoms with Crippen molar-refractivity contribution in [3.05, 3.63) is 69.2 Å². The first-order chi connectivity index (χ1) is 12.0. The topological polar surface area (TPSA) is 93.3 Å². The zero-order valence-corrected chi connectivity index (χ0v) is 13.9. The molecule has 25 heavy (non-hydrogen) atoms. The molecule has 6 nitrogen and oxygen atoms in total. The number of rotatable bonds is 6. The number of para-hydroxylation sites is 1. The van der Waals surface area contributed by atoms with Gasteiger partial charge in [0.15, 0.2) is 0 Å². The minimum atomic E-state index is -0.897. The molecule has 3 aromatic rings. The van der Waals surface area contributed by atoms with Gasteiger partial charge in [-0.3, -0.25) is 14.9 Å². The Morgan fingerprint density at radius 3 is 2.72 bits per heavy atom. The van der Waals surface area contributed by atoms with Crippen LogP contribution in [0.3, 0.4) is 0 Å². The molecule has 0 saturated heterocycles. The van der Waals surface area contributed by atoms with Gasteiger partial charge in [-0.2, -0.15) is 0 Å². The third kappa shape index (κ3) is 4.07. The molecule has 0 amide bonds. The van der Waals surface area contributed by atoms with E-state index in [9.17, 15) is 14.9 Å². The Kier molecular flexibility index (Phi) is 4.85. The number of nitro groups is 1. The van der Waals surface area contributed by atoms with Crippen molar-refractivity contribution >= 4 is 44.9 Å². The van der Waals surface area contributed by atoms with Crippen LogP contribution in [0, 0.1) is 10.1 Å². The van der Waals surface area contributed by atoms with Crippen LogP contribution in [0.25, 0.3) is 21.9 Å². The molecule has 0 spiro atoms. The average molecular weight is 354 g/mol. The fourth-order valence-electron chi connectivity index (χ4n) is 2.42. The third-order valence-electron chi connectivity index (χ3n) is 3.60. The summed E-state index contributed by atoms with van der Waals surface area (Å²) in [5, 5.41) is 20.7. The van der Waals surface area contributed by atoms with E-state index in [2.05, 4.69) is 4.98 Å². The monoisotopic (exact) mass is 354 g/mol. The second kappa shape index (κ2) is 7.23. The number of carboxylic acids is 1. The largest absolute Gasteiger partial charge is 0.481 e. The summed E-state index contributed by atoms with van der Waals surface area (Å²) in [5.41, 5.74) is 2.25. The van der Waals surface area contributed by atoms with Crippen molar-refractivity contribution < 1.29 is 14.8 Å². The number of hydrogen-bond donors (Lipinski definition) is 1. The lowest BCUT2D eigenvalue weighted by molar-refractivity contribution is -0.384. The van der Waals surface area contributed by atoms with Crippen LogP contribution >= 0.6 is 11.3 Å². The summed E-state index contributed by atoms with van der Waals surface area (Å²) >= 11 is 1.48. The van der Waals surface area contributed by atoms with Gasteiger partial charge in [0.1, 0.15) is 5.01 Å². The van der Waals surface area contributed by atoms with Crippen molar-refractivity contribution in [3.8, 4) is 0 Å². The molecule has 0 radical (unpaired) electrons. The molecular weight excluding hydrogens is 340 g/mol. The van der Waals surface area contributed by atoms with Crippen molar-refractivity contribution in [2.45, 2.75) is 12.8 Å². The van der Waals surface area contributed by atoms with Gasteiger partial charge < -0.3 is 5.11 Å². The standard InChI is InChI=1S/C18H14N2O4S/c21-17(22)9-8-13(10-12-4-3-5-14(11-12)20(23)24)18-19-15-6-1-2-7-16(15)25-18/h1-7,10-11H,8-9H2,(H,21,22). The lowest BCUT2D eigenvalue weighted by Gasteiger charge is -2.03. The molecule has 0 fully saturated rings. The molecule has 0 aliphatic rings. The maximum atomic E-state index is 11.0. The Labute approximate surface area is 147 Å². The summed E-state index contributed by atoms with van der Waals surface area (Å²) in [6, 6.07) is 13.9. The third-order valence-corrected chi connectivity index (χ3v) is 4.71. The van der Waals surface area contributed by atoms with E-state index in [1.165, 1.54) is 23.5 Å².